The van der Waals surface area contributed by atoms with Crippen LogP contribution >= 0.6 is 0 Å². The maximum Gasteiger partial charge on any atom is 0.407 e. The molecule has 3 rings (SSSR count). The van der Waals surface area contributed by atoms with Gasteiger partial charge in [0.15, 0.2) is 0 Å². The zero-order valence-electron chi connectivity index (χ0n) is 18.5. The first-order chi connectivity index (χ1) is 15.0. The van der Waals surface area contributed by atoms with E-state index < -0.39 is 18.1 Å². The lowest BCUT2D eigenvalue weighted by Gasteiger charge is -2.20. The number of nitrogens with one attached hydrogen (secondary N) is 1. The monoisotopic (exact) mass is 423 g/mol. The number of carbonyl (C=O) groups excluding carboxylic acids is 1. The summed E-state index contributed by atoms with van der Waals surface area (Å²) >= 11 is 0. The third-order valence-corrected chi connectivity index (χ3v) is 6.12. The van der Waals surface area contributed by atoms with E-state index in [0.717, 1.165) is 35.1 Å². The number of rotatable bonds is 11. The van der Waals surface area contributed by atoms with Crippen molar-refractivity contribution in [3.05, 3.63) is 59.7 Å². The van der Waals surface area contributed by atoms with Gasteiger partial charge in [-0.2, -0.15) is 0 Å². The van der Waals surface area contributed by atoms with E-state index in [4.69, 9.17) is 4.74 Å². The van der Waals surface area contributed by atoms with Gasteiger partial charge in [0, 0.05) is 5.92 Å². The number of carboxylic acids is 1. The van der Waals surface area contributed by atoms with E-state index in [2.05, 4.69) is 36.5 Å². The fourth-order valence-electron chi connectivity index (χ4n) is 4.44. The standard InChI is InChI=1S/C26H33NO4/c1-3-4-5-6-11-18(2)16-24(25(28)29)27-26(30)31-17-23-21-14-9-7-12-19(21)20-13-8-10-15-22(20)23/h7-10,12-15,18,23-24H,3-6,11,16-17H2,1-2H3,(H,27,30)(H,28,29)/t18?,24-/m0/s1. The summed E-state index contributed by atoms with van der Waals surface area (Å²) < 4.78 is 5.50. The van der Waals surface area contributed by atoms with Crippen LogP contribution in [0, 0.1) is 5.92 Å². The molecule has 2 aromatic rings. The molecule has 166 valence electrons. The Labute approximate surface area is 184 Å². The van der Waals surface area contributed by atoms with Gasteiger partial charge in [-0.15, -0.1) is 0 Å². The van der Waals surface area contributed by atoms with Crippen molar-refractivity contribution >= 4 is 12.1 Å². The summed E-state index contributed by atoms with van der Waals surface area (Å²) in [5.41, 5.74) is 4.58. The van der Waals surface area contributed by atoms with E-state index >= 15 is 0 Å². The maximum atomic E-state index is 12.4. The molecule has 0 heterocycles. The van der Waals surface area contributed by atoms with E-state index in [0.29, 0.717) is 6.42 Å². The van der Waals surface area contributed by atoms with E-state index in [1.165, 1.54) is 19.3 Å². The minimum atomic E-state index is -1.02. The molecule has 1 amide bonds. The van der Waals surface area contributed by atoms with Crippen molar-refractivity contribution in [3.63, 3.8) is 0 Å². The van der Waals surface area contributed by atoms with Crippen LogP contribution in [-0.2, 0) is 9.53 Å². The molecule has 2 atom stereocenters. The van der Waals surface area contributed by atoms with Crippen LogP contribution < -0.4 is 5.32 Å². The lowest BCUT2D eigenvalue weighted by molar-refractivity contribution is -0.139. The highest BCUT2D eigenvalue weighted by Crippen LogP contribution is 2.44. The number of fused-ring (bicyclic) bond motifs is 3. The summed E-state index contributed by atoms with van der Waals surface area (Å²) in [6, 6.07) is 15.3. The van der Waals surface area contributed by atoms with Gasteiger partial charge in [0.1, 0.15) is 12.6 Å². The smallest absolute Gasteiger partial charge is 0.407 e. The van der Waals surface area contributed by atoms with Gasteiger partial charge in [-0.1, -0.05) is 94.5 Å². The second-order valence-electron chi connectivity index (χ2n) is 8.55. The zero-order valence-corrected chi connectivity index (χ0v) is 18.5. The fraction of sp³-hybridized carbons (Fsp3) is 0.462. The predicted molar refractivity (Wildman–Crippen MR) is 122 cm³/mol. The van der Waals surface area contributed by atoms with E-state index in [1.807, 2.05) is 31.2 Å². The number of amides is 1. The number of hydrogen-bond donors (Lipinski definition) is 2. The minimum absolute atomic E-state index is 0.0427. The van der Waals surface area contributed by atoms with Gasteiger partial charge in [0.05, 0.1) is 0 Å². The predicted octanol–water partition coefficient (Wildman–Crippen LogP) is 5.97. The molecule has 1 unspecified atom stereocenters. The Kier molecular flexibility index (Phi) is 8.10. The van der Waals surface area contributed by atoms with Crippen molar-refractivity contribution in [3.8, 4) is 11.1 Å². The lowest BCUT2D eigenvalue weighted by Crippen LogP contribution is -2.42. The number of benzene rings is 2. The molecule has 31 heavy (non-hydrogen) atoms. The summed E-state index contributed by atoms with van der Waals surface area (Å²) in [5, 5.41) is 12.1. The maximum absolute atomic E-state index is 12.4. The third-order valence-electron chi connectivity index (χ3n) is 6.12. The summed E-state index contributed by atoms with van der Waals surface area (Å²) in [5.74, 6) is -0.834. The first-order valence-electron chi connectivity index (χ1n) is 11.4. The topological polar surface area (TPSA) is 75.6 Å². The van der Waals surface area contributed by atoms with Crippen molar-refractivity contribution in [2.45, 2.75) is 64.3 Å². The first kappa shape index (κ1) is 22.9. The number of carbonyl (C=O) groups is 2. The molecule has 0 aromatic heterocycles. The highest BCUT2D eigenvalue weighted by atomic mass is 16.5. The zero-order chi connectivity index (χ0) is 22.2. The summed E-state index contributed by atoms with van der Waals surface area (Å²) in [4.78, 5) is 24.1. The molecule has 2 aromatic carbocycles. The van der Waals surface area contributed by atoms with Gasteiger partial charge < -0.3 is 15.2 Å². The Morgan fingerprint density at radius 2 is 1.61 bits per heavy atom. The van der Waals surface area contributed by atoms with Crippen LogP contribution in [0.2, 0.25) is 0 Å². The van der Waals surface area contributed by atoms with Crippen molar-refractivity contribution in [1.29, 1.82) is 0 Å². The first-order valence-corrected chi connectivity index (χ1v) is 11.4. The summed E-state index contributed by atoms with van der Waals surface area (Å²) in [7, 11) is 0. The van der Waals surface area contributed by atoms with Crippen LogP contribution in [0.5, 0.6) is 0 Å². The number of aliphatic carboxylic acids is 1. The van der Waals surface area contributed by atoms with Gasteiger partial charge in [-0.25, -0.2) is 9.59 Å². The number of hydrogen-bond acceptors (Lipinski definition) is 3. The quantitative estimate of drug-likeness (QED) is 0.436. The Hall–Kier alpha value is -2.82. The van der Waals surface area contributed by atoms with Crippen molar-refractivity contribution in [2.75, 3.05) is 6.61 Å². The Balaban J connectivity index is 1.56. The van der Waals surface area contributed by atoms with Crippen LogP contribution in [0.1, 0.15) is 69.4 Å². The Morgan fingerprint density at radius 1 is 1.00 bits per heavy atom. The second-order valence-corrected chi connectivity index (χ2v) is 8.55. The van der Waals surface area contributed by atoms with Crippen molar-refractivity contribution in [2.24, 2.45) is 5.92 Å². The van der Waals surface area contributed by atoms with Crippen molar-refractivity contribution < 1.29 is 19.4 Å². The Morgan fingerprint density at radius 3 is 2.19 bits per heavy atom. The number of unbranched alkanes of at least 4 members (excludes halogenated alkanes) is 3. The molecule has 1 aliphatic rings. The summed E-state index contributed by atoms with van der Waals surface area (Å²) in [6.07, 6.45) is 5.34. The van der Waals surface area contributed by atoms with E-state index in [9.17, 15) is 14.7 Å². The van der Waals surface area contributed by atoms with Crippen molar-refractivity contribution in [1.82, 2.24) is 5.32 Å². The molecule has 0 radical (unpaired) electrons. The minimum Gasteiger partial charge on any atom is -0.480 e. The van der Waals surface area contributed by atoms with Gasteiger partial charge in [-0.3, -0.25) is 0 Å². The largest absolute Gasteiger partial charge is 0.480 e. The van der Waals surface area contributed by atoms with Gasteiger partial charge >= 0.3 is 12.1 Å². The molecular formula is C26H33NO4. The number of ether oxygens (including phenoxy) is 1. The van der Waals surface area contributed by atoms with Crippen LogP contribution in [0.25, 0.3) is 11.1 Å². The Bertz CT molecular complexity index is 849. The van der Waals surface area contributed by atoms with Crippen LogP contribution in [0.3, 0.4) is 0 Å². The SMILES string of the molecule is CCCCCCC(C)C[C@H](NC(=O)OCC1c2ccccc2-c2ccccc21)C(=O)O. The third kappa shape index (κ3) is 5.87. The summed E-state index contributed by atoms with van der Waals surface area (Å²) in [6.45, 7) is 4.39. The molecule has 0 bridgehead atoms. The van der Waals surface area contributed by atoms with E-state index in [-0.39, 0.29) is 18.4 Å². The van der Waals surface area contributed by atoms with Gasteiger partial charge in [-0.05, 0) is 34.6 Å². The number of alkyl carbamates (subject to hydrolysis) is 1. The molecule has 0 spiro atoms. The molecule has 5 nitrogen and oxygen atoms in total. The molecule has 5 heteroatoms. The highest BCUT2D eigenvalue weighted by molar-refractivity contribution is 5.81. The van der Waals surface area contributed by atoms with Crippen LogP contribution in [-0.4, -0.2) is 29.8 Å². The molecular weight excluding hydrogens is 390 g/mol. The molecule has 2 N–H and O–H groups in total. The fourth-order valence-corrected chi connectivity index (χ4v) is 4.44. The lowest BCUT2D eigenvalue weighted by atomic mass is 9.95. The number of carboxylic acid groups (broad SMARTS) is 1. The molecule has 1 aliphatic carbocycles. The van der Waals surface area contributed by atoms with Gasteiger partial charge in [0.25, 0.3) is 0 Å². The average Bonchev–Trinajstić information content (AvgIpc) is 3.08. The van der Waals surface area contributed by atoms with Crippen LogP contribution in [0.4, 0.5) is 4.79 Å². The highest BCUT2D eigenvalue weighted by Gasteiger charge is 2.30. The molecule has 0 saturated carbocycles. The molecule has 0 saturated heterocycles. The normalized spacial score (nSPS) is 14.4. The second kappa shape index (κ2) is 11.0. The van der Waals surface area contributed by atoms with E-state index in [1.54, 1.807) is 0 Å². The molecule has 0 aliphatic heterocycles. The molecule has 0 fully saturated rings. The van der Waals surface area contributed by atoms with Gasteiger partial charge in [0.2, 0.25) is 0 Å². The van der Waals surface area contributed by atoms with Crippen LogP contribution in [0.15, 0.2) is 48.5 Å². The average molecular weight is 424 g/mol.